The van der Waals surface area contributed by atoms with Gasteiger partial charge in [0.15, 0.2) is 0 Å². The summed E-state index contributed by atoms with van der Waals surface area (Å²) in [5.41, 5.74) is 18.9. The Hall–Kier alpha value is -2.62. The standard InChI is InChI=1S/C18H22N4/c1-11(2)21-17-9-13(5-7-15(17)19)14-6-8-16(20)18(10-14)22-12(3)4/h5-10H,19-20H2,1-4H3. The van der Waals surface area contributed by atoms with E-state index in [0.717, 1.165) is 33.9 Å². The third-order valence-corrected chi connectivity index (χ3v) is 3.08. The van der Waals surface area contributed by atoms with Gasteiger partial charge in [0.05, 0.1) is 22.7 Å². The molecular weight excluding hydrogens is 272 g/mol. The van der Waals surface area contributed by atoms with Crippen molar-refractivity contribution in [1.29, 1.82) is 0 Å². The normalized spacial score (nSPS) is 10.2. The topological polar surface area (TPSA) is 76.8 Å². The van der Waals surface area contributed by atoms with Crippen LogP contribution in [0.3, 0.4) is 0 Å². The van der Waals surface area contributed by atoms with Gasteiger partial charge in [0, 0.05) is 11.4 Å². The van der Waals surface area contributed by atoms with Gasteiger partial charge >= 0.3 is 0 Å². The van der Waals surface area contributed by atoms with Crippen molar-refractivity contribution in [2.75, 3.05) is 11.5 Å². The number of aliphatic imine (C=N–C) groups is 2. The summed E-state index contributed by atoms with van der Waals surface area (Å²) < 4.78 is 0. The van der Waals surface area contributed by atoms with E-state index in [1.807, 2.05) is 64.1 Å². The second kappa shape index (κ2) is 6.43. The lowest BCUT2D eigenvalue weighted by molar-refractivity contribution is 1.45. The zero-order valence-electron chi connectivity index (χ0n) is 13.5. The highest BCUT2D eigenvalue weighted by Crippen LogP contribution is 2.33. The number of nitrogens with zero attached hydrogens (tertiary/aromatic N) is 2. The fourth-order valence-corrected chi connectivity index (χ4v) is 2.12. The van der Waals surface area contributed by atoms with Crippen molar-refractivity contribution >= 4 is 34.2 Å². The van der Waals surface area contributed by atoms with Gasteiger partial charge in [0.1, 0.15) is 0 Å². The van der Waals surface area contributed by atoms with Crippen molar-refractivity contribution in [2.24, 2.45) is 9.98 Å². The molecule has 2 rings (SSSR count). The average molecular weight is 294 g/mol. The second-order valence-electron chi connectivity index (χ2n) is 5.67. The molecule has 0 unspecified atom stereocenters. The van der Waals surface area contributed by atoms with Crippen LogP contribution in [-0.2, 0) is 0 Å². The zero-order chi connectivity index (χ0) is 16.3. The molecule has 22 heavy (non-hydrogen) atoms. The van der Waals surface area contributed by atoms with Gasteiger partial charge in [-0.1, -0.05) is 12.1 Å². The van der Waals surface area contributed by atoms with Gasteiger partial charge in [-0.15, -0.1) is 0 Å². The molecule has 0 aromatic heterocycles. The molecule has 0 aliphatic carbocycles. The maximum atomic E-state index is 5.99. The highest BCUT2D eigenvalue weighted by atomic mass is 14.8. The predicted molar refractivity (Wildman–Crippen MR) is 97.6 cm³/mol. The summed E-state index contributed by atoms with van der Waals surface area (Å²) in [6.45, 7) is 7.80. The first-order valence-corrected chi connectivity index (χ1v) is 7.20. The van der Waals surface area contributed by atoms with E-state index in [-0.39, 0.29) is 0 Å². The molecule has 0 aliphatic heterocycles. The van der Waals surface area contributed by atoms with Gasteiger partial charge in [-0.25, -0.2) is 0 Å². The predicted octanol–water partition coefficient (Wildman–Crippen LogP) is 4.74. The number of rotatable bonds is 3. The van der Waals surface area contributed by atoms with E-state index in [2.05, 4.69) is 9.98 Å². The van der Waals surface area contributed by atoms with Crippen LogP contribution >= 0.6 is 0 Å². The van der Waals surface area contributed by atoms with Crippen LogP contribution in [-0.4, -0.2) is 11.4 Å². The van der Waals surface area contributed by atoms with Crippen LogP contribution in [0, 0.1) is 0 Å². The molecule has 0 aliphatic rings. The lowest BCUT2D eigenvalue weighted by Gasteiger charge is -2.09. The summed E-state index contributed by atoms with van der Waals surface area (Å²) in [6, 6.07) is 11.7. The second-order valence-corrected chi connectivity index (χ2v) is 5.67. The first-order chi connectivity index (χ1) is 10.4. The van der Waals surface area contributed by atoms with E-state index in [1.54, 1.807) is 0 Å². The Bertz CT molecular complexity index is 684. The monoisotopic (exact) mass is 294 g/mol. The average Bonchev–Trinajstić information content (AvgIpc) is 2.43. The minimum atomic E-state index is 0.669. The molecule has 2 aromatic rings. The highest BCUT2D eigenvalue weighted by Gasteiger charge is 2.06. The number of anilines is 2. The fourth-order valence-electron chi connectivity index (χ4n) is 2.12. The van der Waals surface area contributed by atoms with Gasteiger partial charge in [-0.3, -0.25) is 9.98 Å². The van der Waals surface area contributed by atoms with Gasteiger partial charge in [0.2, 0.25) is 0 Å². The molecule has 0 fully saturated rings. The van der Waals surface area contributed by atoms with E-state index >= 15 is 0 Å². The molecule has 0 atom stereocenters. The Kier molecular flexibility index (Phi) is 4.61. The lowest BCUT2D eigenvalue weighted by atomic mass is 10.0. The molecule has 0 amide bonds. The summed E-state index contributed by atoms with van der Waals surface area (Å²) in [5.74, 6) is 0. The van der Waals surface area contributed by atoms with E-state index in [1.165, 1.54) is 0 Å². The van der Waals surface area contributed by atoms with Crippen LogP contribution in [0.5, 0.6) is 0 Å². The van der Waals surface area contributed by atoms with Gasteiger partial charge < -0.3 is 11.5 Å². The fraction of sp³-hybridized carbons (Fsp3) is 0.222. The summed E-state index contributed by atoms with van der Waals surface area (Å²) in [5, 5.41) is 0. The van der Waals surface area contributed by atoms with Crippen LogP contribution in [0.25, 0.3) is 11.1 Å². The van der Waals surface area contributed by atoms with Crippen LogP contribution in [0.1, 0.15) is 27.7 Å². The highest BCUT2D eigenvalue weighted by molar-refractivity contribution is 5.87. The smallest absolute Gasteiger partial charge is 0.0864 e. The first-order valence-electron chi connectivity index (χ1n) is 7.20. The molecule has 4 nitrogen and oxygen atoms in total. The van der Waals surface area contributed by atoms with Crippen molar-refractivity contribution in [2.45, 2.75) is 27.7 Å². The van der Waals surface area contributed by atoms with Crippen molar-refractivity contribution in [3.63, 3.8) is 0 Å². The van der Waals surface area contributed by atoms with Crippen molar-refractivity contribution in [1.82, 2.24) is 0 Å². The first kappa shape index (κ1) is 15.8. The molecule has 0 bridgehead atoms. The minimum Gasteiger partial charge on any atom is -0.397 e. The maximum Gasteiger partial charge on any atom is 0.0864 e. The third kappa shape index (κ3) is 3.73. The van der Waals surface area contributed by atoms with E-state index in [9.17, 15) is 0 Å². The Balaban J connectivity index is 2.53. The zero-order valence-corrected chi connectivity index (χ0v) is 13.5. The molecule has 0 radical (unpaired) electrons. The summed E-state index contributed by atoms with van der Waals surface area (Å²) in [4.78, 5) is 8.95. The molecule has 0 saturated carbocycles. The molecule has 0 heterocycles. The number of nitrogens with two attached hydrogens (primary N) is 2. The maximum absolute atomic E-state index is 5.99. The Labute approximate surface area is 131 Å². The number of nitrogen functional groups attached to an aromatic ring is 2. The van der Waals surface area contributed by atoms with Crippen LogP contribution in [0.4, 0.5) is 22.7 Å². The molecule has 0 saturated heterocycles. The summed E-state index contributed by atoms with van der Waals surface area (Å²) in [7, 11) is 0. The van der Waals surface area contributed by atoms with Gasteiger partial charge in [-0.2, -0.15) is 0 Å². The summed E-state index contributed by atoms with van der Waals surface area (Å²) in [6.07, 6.45) is 0. The molecule has 0 spiro atoms. The molecule has 2 aromatic carbocycles. The quantitative estimate of drug-likeness (QED) is 0.633. The lowest BCUT2D eigenvalue weighted by Crippen LogP contribution is -1.90. The third-order valence-electron chi connectivity index (χ3n) is 3.08. The summed E-state index contributed by atoms with van der Waals surface area (Å²) >= 11 is 0. The van der Waals surface area contributed by atoms with E-state index in [4.69, 9.17) is 11.5 Å². The van der Waals surface area contributed by atoms with Crippen LogP contribution < -0.4 is 11.5 Å². The SMILES string of the molecule is CC(C)=Nc1cc(-c2ccc(N)c(N=C(C)C)c2)ccc1N. The van der Waals surface area contributed by atoms with E-state index in [0.29, 0.717) is 11.4 Å². The molecule has 4 N–H and O–H groups in total. The van der Waals surface area contributed by atoms with Crippen molar-refractivity contribution in [3.05, 3.63) is 36.4 Å². The number of benzene rings is 2. The van der Waals surface area contributed by atoms with Crippen molar-refractivity contribution < 1.29 is 0 Å². The molecular formula is C18H22N4. The van der Waals surface area contributed by atoms with Gasteiger partial charge in [-0.05, 0) is 63.1 Å². The molecule has 114 valence electrons. The van der Waals surface area contributed by atoms with E-state index < -0.39 is 0 Å². The number of hydrogen-bond donors (Lipinski definition) is 2. The van der Waals surface area contributed by atoms with Gasteiger partial charge in [0.25, 0.3) is 0 Å². The van der Waals surface area contributed by atoms with Crippen LogP contribution in [0.15, 0.2) is 46.4 Å². The van der Waals surface area contributed by atoms with Crippen LogP contribution in [0.2, 0.25) is 0 Å². The minimum absolute atomic E-state index is 0.669. The number of hydrogen-bond acceptors (Lipinski definition) is 4. The Morgan fingerprint density at radius 2 is 1.05 bits per heavy atom. The largest absolute Gasteiger partial charge is 0.397 e. The molecule has 4 heteroatoms. The van der Waals surface area contributed by atoms with Crippen molar-refractivity contribution in [3.8, 4) is 11.1 Å². The Morgan fingerprint density at radius 1 is 0.682 bits per heavy atom. The Morgan fingerprint density at radius 3 is 1.36 bits per heavy atom.